The lowest BCUT2D eigenvalue weighted by atomic mass is 9.47. The third-order valence-electron chi connectivity index (χ3n) is 11.3. The molecule has 3 saturated carbocycles. The molecule has 0 aliphatic heterocycles. The highest BCUT2D eigenvalue weighted by atomic mass is 16.3. The molecule has 1 aromatic rings. The number of aliphatic hydroxyl groups excluding tert-OH is 1. The van der Waals surface area contributed by atoms with Gasteiger partial charge in [-0.05, 0) is 117 Å². The van der Waals surface area contributed by atoms with Gasteiger partial charge in [-0.2, -0.15) is 0 Å². The van der Waals surface area contributed by atoms with Gasteiger partial charge in [-0.3, -0.25) is 0 Å². The van der Waals surface area contributed by atoms with E-state index in [9.17, 15) is 10.2 Å². The maximum Gasteiger partial charge on any atom is 0.0868 e. The maximum absolute atomic E-state index is 11.2. The van der Waals surface area contributed by atoms with Crippen LogP contribution in [0.1, 0.15) is 97.5 Å². The molecule has 33 heavy (non-hydrogen) atoms. The molecule has 182 valence electrons. The number of allylic oxidation sites excluding steroid dienone is 1. The van der Waals surface area contributed by atoms with Crippen molar-refractivity contribution in [2.24, 2.45) is 40.4 Å². The van der Waals surface area contributed by atoms with Crippen molar-refractivity contribution in [1.82, 2.24) is 0 Å². The summed E-state index contributed by atoms with van der Waals surface area (Å²) < 4.78 is 0. The average Bonchev–Trinajstić information content (AvgIpc) is 3.16. The van der Waals surface area contributed by atoms with E-state index in [2.05, 4.69) is 39.0 Å². The van der Waals surface area contributed by atoms with E-state index < -0.39 is 5.60 Å². The van der Waals surface area contributed by atoms with Gasteiger partial charge in [0.15, 0.2) is 0 Å². The Hall–Kier alpha value is -1.12. The quantitative estimate of drug-likeness (QED) is 0.464. The highest BCUT2D eigenvalue weighted by molar-refractivity contribution is 5.25. The van der Waals surface area contributed by atoms with Gasteiger partial charge in [0.1, 0.15) is 0 Å². The summed E-state index contributed by atoms with van der Waals surface area (Å²) in [6.45, 7) is 9.62. The molecule has 9 atom stereocenters. The van der Waals surface area contributed by atoms with Crippen LogP contribution in [0.4, 0.5) is 0 Å². The number of hydrogen-bond donors (Lipinski definition) is 2. The second kappa shape index (κ2) is 8.52. The number of hydrogen-bond acceptors (Lipinski definition) is 2. The zero-order valence-corrected chi connectivity index (χ0v) is 21.4. The second-order valence-electron chi connectivity index (χ2n) is 13.0. The summed E-state index contributed by atoms with van der Waals surface area (Å²) in [6.07, 6.45) is 14.2. The summed E-state index contributed by atoms with van der Waals surface area (Å²) in [6, 6.07) is 10.2. The normalized spacial score (nSPS) is 43.0. The van der Waals surface area contributed by atoms with Gasteiger partial charge in [0.25, 0.3) is 0 Å². The van der Waals surface area contributed by atoms with E-state index in [1.165, 1.54) is 38.5 Å². The molecule has 0 amide bonds. The van der Waals surface area contributed by atoms with Gasteiger partial charge >= 0.3 is 0 Å². The first-order chi connectivity index (χ1) is 15.6. The molecular weight excluding hydrogens is 404 g/mol. The lowest BCUT2D eigenvalue weighted by Crippen LogP contribution is -2.50. The molecule has 2 heteroatoms. The summed E-state index contributed by atoms with van der Waals surface area (Å²) in [4.78, 5) is 0. The zero-order chi connectivity index (χ0) is 23.4. The Morgan fingerprint density at radius 2 is 1.79 bits per heavy atom. The summed E-state index contributed by atoms with van der Waals surface area (Å²) in [7, 11) is 0. The van der Waals surface area contributed by atoms with Crippen LogP contribution in [0.3, 0.4) is 0 Å². The Balaban J connectivity index is 1.29. The van der Waals surface area contributed by atoms with Gasteiger partial charge in [-0.1, -0.05) is 62.8 Å². The van der Waals surface area contributed by atoms with E-state index in [1.807, 2.05) is 25.1 Å². The summed E-state index contributed by atoms with van der Waals surface area (Å²) in [5.74, 6) is 3.93. The van der Waals surface area contributed by atoms with Crippen molar-refractivity contribution in [3.63, 3.8) is 0 Å². The minimum atomic E-state index is -0.739. The first-order valence-corrected chi connectivity index (χ1v) is 13.8. The highest BCUT2D eigenvalue weighted by Gasteiger charge is 2.59. The Morgan fingerprint density at radius 1 is 1.03 bits per heavy atom. The number of fused-ring (bicyclic) bond motifs is 5. The third kappa shape index (κ3) is 3.94. The van der Waals surface area contributed by atoms with Crippen LogP contribution in [-0.2, 0) is 5.60 Å². The SMILES string of the molecule is C[C@@H](CC[C@](C)(O)c1ccccc1)[C@H]1CC[C@@H]2[C@H]3CC=C4C[C@@H](O)CC[C@]4(C)[C@H]3CC[C@@]21C. The van der Waals surface area contributed by atoms with E-state index in [4.69, 9.17) is 0 Å². The van der Waals surface area contributed by atoms with E-state index in [1.54, 1.807) is 5.57 Å². The van der Waals surface area contributed by atoms with E-state index >= 15 is 0 Å². The first kappa shape index (κ1) is 23.6. The largest absolute Gasteiger partial charge is 0.393 e. The molecule has 4 aliphatic carbocycles. The predicted octanol–water partition coefficient (Wildman–Crippen LogP) is 7.25. The molecule has 3 fully saturated rings. The summed E-state index contributed by atoms with van der Waals surface area (Å²) in [5, 5.41) is 21.4. The Bertz CT molecular complexity index is 872. The van der Waals surface area contributed by atoms with Crippen LogP contribution in [0, 0.1) is 40.4 Å². The fraction of sp³-hybridized carbons (Fsp3) is 0.742. The lowest BCUT2D eigenvalue weighted by Gasteiger charge is -2.58. The Morgan fingerprint density at radius 3 is 2.55 bits per heavy atom. The van der Waals surface area contributed by atoms with Crippen molar-refractivity contribution >= 4 is 0 Å². The van der Waals surface area contributed by atoms with Crippen molar-refractivity contribution in [3.05, 3.63) is 47.5 Å². The molecule has 0 bridgehead atoms. The summed E-state index contributed by atoms with van der Waals surface area (Å²) >= 11 is 0. The van der Waals surface area contributed by atoms with Gasteiger partial charge < -0.3 is 10.2 Å². The monoisotopic (exact) mass is 450 g/mol. The van der Waals surface area contributed by atoms with Crippen LogP contribution < -0.4 is 0 Å². The lowest BCUT2D eigenvalue weighted by molar-refractivity contribution is -0.0589. The standard InChI is InChI=1S/C31H46O2/c1-21(14-19-31(4,33)22-8-6-5-7-9-22)26-12-13-27-25-11-10-23-20-24(32)15-17-29(23,2)28(25)16-18-30(26,27)3/h5-10,21,24-28,32-33H,11-20H2,1-4H3/t21-,24-,25+,26+,27+,28-,29-,30+,31-/m0/s1. The van der Waals surface area contributed by atoms with Crippen LogP contribution >= 0.6 is 0 Å². The summed E-state index contributed by atoms with van der Waals surface area (Å²) in [5.41, 5.74) is 2.67. The molecule has 0 heterocycles. The molecule has 2 N–H and O–H groups in total. The fourth-order valence-corrected chi connectivity index (χ4v) is 9.27. The Labute approximate surface area is 201 Å². The highest BCUT2D eigenvalue weighted by Crippen LogP contribution is 2.67. The van der Waals surface area contributed by atoms with Gasteiger partial charge in [0.05, 0.1) is 11.7 Å². The molecule has 1 aromatic carbocycles. The molecule has 0 spiro atoms. The molecule has 0 saturated heterocycles. The minimum Gasteiger partial charge on any atom is -0.393 e. The van der Waals surface area contributed by atoms with Gasteiger partial charge in [-0.25, -0.2) is 0 Å². The molecule has 0 radical (unpaired) electrons. The average molecular weight is 451 g/mol. The van der Waals surface area contributed by atoms with Crippen LogP contribution in [0.2, 0.25) is 0 Å². The second-order valence-corrected chi connectivity index (χ2v) is 13.0. The van der Waals surface area contributed by atoms with Crippen LogP contribution in [-0.4, -0.2) is 16.3 Å². The number of benzene rings is 1. The maximum atomic E-state index is 11.2. The van der Waals surface area contributed by atoms with Crippen molar-refractivity contribution in [2.75, 3.05) is 0 Å². The molecule has 4 aliphatic rings. The Kier molecular flexibility index (Phi) is 6.10. The minimum absolute atomic E-state index is 0.112. The van der Waals surface area contributed by atoms with Crippen molar-refractivity contribution in [2.45, 2.75) is 104 Å². The molecule has 2 nitrogen and oxygen atoms in total. The van der Waals surface area contributed by atoms with E-state index in [0.717, 1.165) is 54.9 Å². The van der Waals surface area contributed by atoms with Crippen molar-refractivity contribution in [1.29, 1.82) is 0 Å². The topological polar surface area (TPSA) is 40.5 Å². The van der Waals surface area contributed by atoms with Gasteiger partial charge in [-0.15, -0.1) is 0 Å². The molecular formula is C31H46O2. The van der Waals surface area contributed by atoms with Gasteiger partial charge in [0, 0.05) is 0 Å². The van der Waals surface area contributed by atoms with Crippen molar-refractivity contribution in [3.8, 4) is 0 Å². The smallest absolute Gasteiger partial charge is 0.0868 e. The predicted molar refractivity (Wildman–Crippen MR) is 136 cm³/mol. The van der Waals surface area contributed by atoms with Crippen LogP contribution in [0.15, 0.2) is 42.0 Å². The number of aliphatic hydroxyl groups is 2. The number of rotatable bonds is 5. The van der Waals surface area contributed by atoms with Crippen LogP contribution in [0.5, 0.6) is 0 Å². The third-order valence-corrected chi connectivity index (χ3v) is 11.3. The van der Waals surface area contributed by atoms with E-state index in [-0.39, 0.29) is 6.10 Å². The first-order valence-electron chi connectivity index (χ1n) is 13.8. The van der Waals surface area contributed by atoms with Crippen LogP contribution in [0.25, 0.3) is 0 Å². The van der Waals surface area contributed by atoms with Gasteiger partial charge in [0.2, 0.25) is 0 Å². The molecule has 0 unspecified atom stereocenters. The van der Waals surface area contributed by atoms with Crippen molar-refractivity contribution < 1.29 is 10.2 Å². The zero-order valence-electron chi connectivity index (χ0n) is 21.4. The van der Waals surface area contributed by atoms with E-state index in [0.29, 0.717) is 16.7 Å². The molecule has 5 rings (SSSR count). The fourth-order valence-electron chi connectivity index (χ4n) is 9.27. The molecule has 0 aromatic heterocycles.